The van der Waals surface area contributed by atoms with Crippen LogP contribution in [0.4, 0.5) is 0 Å². The van der Waals surface area contributed by atoms with E-state index in [1.165, 1.54) is 18.4 Å². The summed E-state index contributed by atoms with van der Waals surface area (Å²) in [5.74, 6) is 2.18. The SMILES string of the molecule is CN=C(NCCCOC[C@H]1CCOC1)NC1CC(c2ccccc2)C1. The zero-order chi connectivity index (χ0) is 17.3. The summed E-state index contributed by atoms with van der Waals surface area (Å²) in [5.41, 5.74) is 1.45. The minimum Gasteiger partial charge on any atom is -0.381 e. The first kappa shape index (κ1) is 18.2. The fourth-order valence-corrected chi connectivity index (χ4v) is 3.47. The molecule has 0 bridgehead atoms. The Hall–Kier alpha value is -1.59. The number of benzene rings is 1. The third-order valence-corrected chi connectivity index (χ3v) is 5.11. The van der Waals surface area contributed by atoms with Crippen molar-refractivity contribution in [1.82, 2.24) is 10.6 Å². The molecule has 0 radical (unpaired) electrons. The standard InChI is InChI=1S/C20H31N3O2/c1-21-20(22-9-5-10-24-14-16-8-11-25-15-16)23-19-12-18(13-19)17-6-3-2-4-7-17/h2-4,6-7,16,18-19H,5,8-15H2,1H3,(H2,21,22,23)/t16-,18?,19?/m1/s1. The second kappa shape index (κ2) is 9.78. The summed E-state index contributed by atoms with van der Waals surface area (Å²) < 4.78 is 11.1. The summed E-state index contributed by atoms with van der Waals surface area (Å²) in [6.07, 6.45) is 4.49. The molecule has 1 heterocycles. The number of guanidine groups is 1. The summed E-state index contributed by atoms with van der Waals surface area (Å²) in [6.45, 7) is 4.26. The fourth-order valence-electron chi connectivity index (χ4n) is 3.47. The minimum atomic E-state index is 0.523. The maximum atomic E-state index is 5.73. The zero-order valence-electron chi connectivity index (χ0n) is 15.2. The van der Waals surface area contributed by atoms with E-state index in [1.54, 1.807) is 0 Å². The van der Waals surface area contributed by atoms with Gasteiger partial charge in [0.1, 0.15) is 0 Å². The molecule has 1 atom stereocenters. The van der Waals surface area contributed by atoms with E-state index in [2.05, 4.69) is 46.0 Å². The summed E-state index contributed by atoms with van der Waals surface area (Å²) >= 11 is 0. The van der Waals surface area contributed by atoms with Gasteiger partial charge in [-0.05, 0) is 37.2 Å². The quantitative estimate of drug-likeness (QED) is 0.432. The molecule has 0 unspecified atom stereocenters. The van der Waals surface area contributed by atoms with E-state index in [-0.39, 0.29) is 0 Å². The van der Waals surface area contributed by atoms with E-state index in [9.17, 15) is 0 Å². The highest BCUT2D eigenvalue weighted by atomic mass is 16.5. The van der Waals surface area contributed by atoms with Crippen LogP contribution in [-0.4, -0.2) is 52.0 Å². The van der Waals surface area contributed by atoms with Gasteiger partial charge in [-0.2, -0.15) is 0 Å². The van der Waals surface area contributed by atoms with Crippen molar-refractivity contribution in [3.63, 3.8) is 0 Å². The van der Waals surface area contributed by atoms with Crippen molar-refractivity contribution in [3.8, 4) is 0 Å². The number of hydrogen-bond acceptors (Lipinski definition) is 3. The van der Waals surface area contributed by atoms with Crippen LogP contribution in [0.2, 0.25) is 0 Å². The lowest BCUT2D eigenvalue weighted by molar-refractivity contribution is 0.0888. The molecule has 138 valence electrons. The average Bonchev–Trinajstić information content (AvgIpc) is 3.13. The van der Waals surface area contributed by atoms with Crippen LogP contribution in [0.15, 0.2) is 35.3 Å². The van der Waals surface area contributed by atoms with E-state index in [1.807, 2.05) is 7.05 Å². The molecule has 1 aromatic rings. The molecule has 3 rings (SSSR count). The van der Waals surface area contributed by atoms with Gasteiger partial charge in [-0.3, -0.25) is 4.99 Å². The van der Waals surface area contributed by atoms with E-state index in [0.29, 0.717) is 17.9 Å². The molecule has 2 fully saturated rings. The molecule has 5 heteroatoms. The summed E-state index contributed by atoms with van der Waals surface area (Å²) in [7, 11) is 1.83. The van der Waals surface area contributed by atoms with Crippen molar-refractivity contribution in [2.24, 2.45) is 10.9 Å². The van der Waals surface area contributed by atoms with Gasteiger partial charge >= 0.3 is 0 Å². The Morgan fingerprint density at radius 1 is 1.28 bits per heavy atom. The van der Waals surface area contributed by atoms with Crippen molar-refractivity contribution in [2.75, 3.05) is 40.0 Å². The third kappa shape index (κ3) is 5.72. The molecule has 2 N–H and O–H groups in total. The highest BCUT2D eigenvalue weighted by molar-refractivity contribution is 5.80. The molecule has 0 spiro atoms. The topological polar surface area (TPSA) is 54.9 Å². The Morgan fingerprint density at radius 2 is 2.12 bits per heavy atom. The highest BCUT2D eigenvalue weighted by Crippen LogP contribution is 2.36. The van der Waals surface area contributed by atoms with Crippen LogP contribution in [0, 0.1) is 5.92 Å². The van der Waals surface area contributed by atoms with Gasteiger partial charge in [0.2, 0.25) is 0 Å². The normalized spacial score (nSPS) is 26.3. The van der Waals surface area contributed by atoms with Crippen molar-refractivity contribution in [1.29, 1.82) is 0 Å². The van der Waals surface area contributed by atoms with Crippen LogP contribution in [0.5, 0.6) is 0 Å². The monoisotopic (exact) mass is 345 g/mol. The molecule has 0 aromatic heterocycles. The van der Waals surface area contributed by atoms with Gasteiger partial charge in [0.15, 0.2) is 5.96 Å². The van der Waals surface area contributed by atoms with Crippen molar-refractivity contribution < 1.29 is 9.47 Å². The Morgan fingerprint density at radius 3 is 2.84 bits per heavy atom. The Labute approximate surface area is 151 Å². The molecular formula is C20H31N3O2. The molecule has 1 saturated heterocycles. The predicted octanol–water partition coefficient (Wildman–Crippen LogP) is 2.54. The van der Waals surface area contributed by atoms with Crippen LogP contribution in [-0.2, 0) is 9.47 Å². The minimum absolute atomic E-state index is 0.523. The zero-order valence-corrected chi connectivity index (χ0v) is 15.2. The maximum Gasteiger partial charge on any atom is 0.191 e. The molecule has 0 amide bonds. The van der Waals surface area contributed by atoms with Gasteiger partial charge in [-0.25, -0.2) is 0 Å². The van der Waals surface area contributed by atoms with Gasteiger partial charge < -0.3 is 20.1 Å². The Bertz CT molecular complexity index is 523. The molecular weight excluding hydrogens is 314 g/mol. The number of hydrogen-bond donors (Lipinski definition) is 2. The Balaban J connectivity index is 1.24. The number of nitrogens with one attached hydrogen (secondary N) is 2. The highest BCUT2D eigenvalue weighted by Gasteiger charge is 2.30. The van der Waals surface area contributed by atoms with Gasteiger partial charge in [0.25, 0.3) is 0 Å². The summed E-state index contributed by atoms with van der Waals surface area (Å²) in [6, 6.07) is 11.3. The molecule has 1 aliphatic carbocycles. The number of nitrogens with zero attached hydrogens (tertiary/aromatic N) is 1. The van der Waals surface area contributed by atoms with Crippen molar-refractivity contribution in [2.45, 2.75) is 37.6 Å². The first-order valence-electron chi connectivity index (χ1n) is 9.52. The molecule has 1 aromatic carbocycles. The van der Waals surface area contributed by atoms with Crippen LogP contribution < -0.4 is 10.6 Å². The smallest absolute Gasteiger partial charge is 0.191 e. The molecule has 25 heavy (non-hydrogen) atoms. The largest absolute Gasteiger partial charge is 0.381 e. The fraction of sp³-hybridized carbons (Fsp3) is 0.650. The van der Waals surface area contributed by atoms with Crippen molar-refractivity contribution >= 4 is 5.96 Å². The van der Waals surface area contributed by atoms with Gasteiger partial charge in [0.05, 0.1) is 13.2 Å². The second-order valence-corrected chi connectivity index (χ2v) is 7.08. The average molecular weight is 345 g/mol. The molecule has 1 saturated carbocycles. The lowest BCUT2D eigenvalue weighted by Crippen LogP contribution is -2.48. The summed E-state index contributed by atoms with van der Waals surface area (Å²) in [5, 5.41) is 6.91. The Kier molecular flexibility index (Phi) is 7.12. The van der Waals surface area contributed by atoms with Crippen LogP contribution in [0.3, 0.4) is 0 Å². The van der Waals surface area contributed by atoms with Crippen LogP contribution in [0.1, 0.15) is 37.2 Å². The first-order valence-corrected chi connectivity index (χ1v) is 9.52. The second-order valence-electron chi connectivity index (χ2n) is 7.08. The summed E-state index contributed by atoms with van der Waals surface area (Å²) in [4.78, 5) is 4.33. The third-order valence-electron chi connectivity index (χ3n) is 5.11. The van der Waals surface area contributed by atoms with Gasteiger partial charge in [-0.1, -0.05) is 30.3 Å². The van der Waals surface area contributed by atoms with Gasteiger partial charge in [-0.15, -0.1) is 0 Å². The molecule has 2 aliphatic rings. The maximum absolute atomic E-state index is 5.73. The number of aliphatic imine (C=N–C) groups is 1. The lowest BCUT2D eigenvalue weighted by atomic mass is 9.76. The predicted molar refractivity (Wildman–Crippen MR) is 101 cm³/mol. The first-order chi connectivity index (χ1) is 12.3. The lowest BCUT2D eigenvalue weighted by Gasteiger charge is -2.37. The van der Waals surface area contributed by atoms with E-state index < -0.39 is 0 Å². The van der Waals surface area contributed by atoms with E-state index in [0.717, 1.165) is 51.8 Å². The van der Waals surface area contributed by atoms with E-state index in [4.69, 9.17) is 9.47 Å². The van der Waals surface area contributed by atoms with Crippen molar-refractivity contribution in [3.05, 3.63) is 35.9 Å². The number of rotatable bonds is 8. The van der Waals surface area contributed by atoms with Crippen LogP contribution in [0.25, 0.3) is 0 Å². The van der Waals surface area contributed by atoms with Gasteiger partial charge in [0, 0.05) is 38.8 Å². The van der Waals surface area contributed by atoms with Crippen LogP contribution >= 0.6 is 0 Å². The molecule has 1 aliphatic heterocycles. The number of ether oxygens (including phenoxy) is 2. The van der Waals surface area contributed by atoms with E-state index >= 15 is 0 Å². The molecule has 5 nitrogen and oxygen atoms in total.